The Balaban J connectivity index is 2.01. The van der Waals surface area contributed by atoms with E-state index in [9.17, 15) is 24.4 Å². The third-order valence-electron chi connectivity index (χ3n) is 6.07. The fourth-order valence-electron chi connectivity index (χ4n) is 4.34. The van der Waals surface area contributed by atoms with Crippen molar-refractivity contribution in [2.24, 2.45) is 5.92 Å². The number of carboxylic acids is 1. The summed E-state index contributed by atoms with van der Waals surface area (Å²) in [6.07, 6.45) is 0.736. The highest BCUT2D eigenvalue weighted by Crippen LogP contribution is 2.38. The Bertz CT molecular complexity index is 1060. The molecule has 2 atom stereocenters. The number of carbonyl (C=O) groups excluding carboxylic acids is 1. The van der Waals surface area contributed by atoms with Crippen LogP contribution in [0.2, 0.25) is 0 Å². The van der Waals surface area contributed by atoms with Gasteiger partial charge in [-0.25, -0.2) is 0 Å². The molecule has 3 aromatic rings. The smallest absolute Gasteiger partial charge is 0.310 e. The summed E-state index contributed by atoms with van der Waals surface area (Å²) in [4.78, 5) is 25.3. The molecule has 180 valence electrons. The van der Waals surface area contributed by atoms with Crippen LogP contribution < -0.4 is 5.32 Å². The van der Waals surface area contributed by atoms with Crippen molar-refractivity contribution >= 4 is 20.3 Å². The zero-order valence-electron chi connectivity index (χ0n) is 19.2. The predicted molar refractivity (Wildman–Crippen MR) is 135 cm³/mol. The topological polar surface area (TPSA) is 104 Å². The van der Waals surface area contributed by atoms with E-state index < -0.39 is 37.1 Å². The predicted octanol–water partition coefficient (Wildman–Crippen LogP) is 5.13. The van der Waals surface area contributed by atoms with Gasteiger partial charge in [0.2, 0.25) is 5.91 Å². The minimum absolute atomic E-state index is 0.182. The van der Waals surface area contributed by atoms with Gasteiger partial charge in [-0.3, -0.25) is 14.2 Å². The molecule has 0 radical (unpaired) electrons. The first-order chi connectivity index (χ1) is 16.9. The van der Waals surface area contributed by atoms with Gasteiger partial charge in [0.1, 0.15) is 5.54 Å². The van der Waals surface area contributed by atoms with E-state index in [0.29, 0.717) is 0 Å². The molecule has 0 spiro atoms. The van der Waals surface area contributed by atoms with Crippen LogP contribution in [-0.4, -0.2) is 27.4 Å². The lowest BCUT2D eigenvalue weighted by Crippen LogP contribution is -2.48. The van der Waals surface area contributed by atoms with E-state index in [-0.39, 0.29) is 19.3 Å². The fourth-order valence-corrected chi connectivity index (χ4v) is 4.91. The Morgan fingerprint density at radius 2 is 1.31 bits per heavy atom. The molecule has 0 bridgehead atoms. The second kappa shape index (κ2) is 11.7. The Labute approximate surface area is 206 Å². The van der Waals surface area contributed by atoms with Crippen molar-refractivity contribution in [3.8, 4) is 0 Å². The first-order valence-electron chi connectivity index (χ1n) is 11.3. The van der Waals surface area contributed by atoms with Crippen LogP contribution in [0.5, 0.6) is 0 Å². The van der Waals surface area contributed by atoms with Crippen molar-refractivity contribution in [1.82, 2.24) is 5.32 Å². The van der Waals surface area contributed by atoms with Gasteiger partial charge in [0.25, 0.3) is 0 Å². The molecule has 35 heavy (non-hydrogen) atoms. The lowest BCUT2D eigenvalue weighted by atomic mass is 9.76. The van der Waals surface area contributed by atoms with Crippen molar-refractivity contribution in [3.05, 3.63) is 120 Å². The van der Waals surface area contributed by atoms with Crippen molar-refractivity contribution in [2.45, 2.75) is 30.1 Å². The highest BCUT2D eigenvalue weighted by molar-refractivity contribution is 7.25. The first-order valence-corrected chi connectivity index (χ1v) is 12.1. The van der Waals surface area contributed by atoms with Gasteiger partial charge in [0, 0.05) is 12.8 Å². The minimum Gasteiger partial charge on any atom is -0.481 e. The average Bonchev–Trinajstić information content (AvgIpc) is 2.89. The molecule has 0 heterocycles. The third kappa shape index (κ3) is 5.73. The monoisotopic (exact) mass is 489 g/mol. The van der Waals surface area contributed by atoms with E-state index >= 15 is 0 Å². The number of rotatable bonds is 12. The maximum absolute atomic E-state index is 13.4. The average molecular weight is 490 g/mol. The van der Waals surface area contributed by atoms with Crippen LogP contribution in [0, 0.1) is 5.92 Å². The number of carbonyl (C=O) groups is 2. The van der Waals surface area contributed by atoms with Crippen LogP contribution in [0.4, 0.5) is 0 Å². The van der Waals surface area contributed by atoms with Gasteiger partial charge < -0.3 is 15.5 Å². The quantitative estimate of drug-likeness (QED) is 0.186. The van der Waals surface area contributed by atoms with Crippen molar-refractivity contribution in [1.29, 1.82) is 0 Å². The zero-order valence-corrected chi connectivity index (χ0v) is 20.1. The van der Waals surface area contributed by atoms with Gasteiger partial charge in [0.15, 0.2) is 13.8 Å². The second-order valence-electron chi connectivity index (χ2n) is 8.29. The molecule has 0 saturated carbocycles. The van der Waals surface area contributed by atoms with Gasteiger partial charge in [-0.05, 0) is 23.1 Å². The van der Waals surface area contributed by atoms with Crippen molar-refractivity contribution in [3.63, 3.8) is 0 Å². The van der Waals surface area contributed by atoms with Gasteiger partial charge >= 0.3 is 5.97 Å². The minimum atomic E-state index is -2.04. The lowest BCUT2D eigenvalue weighted by molar-refractivity contribution is -0.147. The van der Waals surface area contributed by atoms with Crippen LogP contribution in [0.1, 0.15) is 36.0 Å². The summed E-state index contributed by atoms with van der Waals surface area (Å²) in [7, 11) is -0.730. The highest BCUT2D eigenvalue weighted by atomic mass is 31.1. The summed E-state index contributed by atoms with van der Waals surface area (Å²) < 4.78 is 11.6. The maximum Gasteiger partial charge on any atom is 0.310 e. The van der Waals surface area contributed by atoms with Crippen molar-refractivity contribution in [2.75, 3.05) is 0 Å². The molecular weight excluding hydrogens is 461 g/mol. The summed E-state index contributed by atoms with van der Waals surface area (Å²) in [6.45, 7) is 3.50. The highest BCUT2D eigenvalue weighted by Gasteiger charge is 2.43. The van der Waals surface area contributed by atoms with Gasteiger partial charge in [-0.1, -0.05) is 97.1 Å². The molecule has 7 heteroatoms. The SMILES string of the molecule is C=CCC(O)(P=O)C(CCC(=O)NC(c1ccccc1)(c1ccccc1)c1ccccc1)C(=O)O. The number of nitrogens with one attached hydrogen (secondary N) is 1. The normalized spacial score (nSPS) is 14.0. The van der Waals surface area contributed by atoms with Crippen LogP contribution >= 0.6 is 8.46 Å². The van der Waals surface area contributed by atoms with Gasteiger partial charge in [-0.2, -0.15) is 0 Å². The number of aliphatic hydroxyl groups is 1. The standard InChI is InChI=1S/C28H28NO5P/c1-2-20-27(33,35-34)24(26(31)32)18-19-25(30)29-28(21-12-6-3-7-13-21,22-14-8-4-9-15-22)23-16-10-5-11-17-23/h2-17,24,33H,1,18-20H2,(H,29,30)(H,31,32). The van der Waals surface area contributed by atoms with Crippen LogP contribution in [-0.2, 0) is 19.7 Å². The van der Waals surface area contributed by atoms with Crippen LogP contribution in [0.3, 0.4) is 0 Å². The van der Waals surface area contributed by atoms with Crippen LogP contribution in [0.25, 0.3) is 0 Å². The Morgan fingerprint density at radius 3 is 1.66 bits per heavy atom. The van der Waals surface area contributed by atoms with E-state index in [1.807, 2.05) is 91.0 Å². The summed E-state index contributed by atoms with van der Waals surface area (Å²) in [5, 5.41) is 21.4. The molecule has 0 fully saturated rings. The van der Waals surface area contributed by atoms with E-state index in [1.165, 1.54) is 6.08 Å². The van der Waals surface area contributed by atoms with E-state index in [0.717, 1.165) is 16.7 Å². The van der Waals surface area contributed by atoms with E-state index in [2.05, 4.69) is 11.9 Å². The molecule has 2 unspecified atom stereocenters. The third-order valence-corrected chi connectivity index (χ3v) is 6.88. The molecule has 3 aromatic carbocycles. The molecule has 3 rings (SSSR count). The molecule has 0 aliphatic heterocycles. The number of aliphatic carboxylic acids is 1. The summed E-state index contributed by atoms with van der Waals surface area (Å²) in [6, 6.07) is 28.6. The number of hydrogen-bond acceptors (Lipinski definition) is 4. The Hall–Kier alpha value is -3.60. The summed E-state index contributed by atoms with van der Waals surface area (Å²) in [5.41, 5.74) is 1.47. The van der Waals surface area contributed by atoms with Crippen LogP contribution in [0.15, 0.2) is 104 Å². The van der Waals surface area contributed by atoms with Gasteiger partial charge in [0.05, 0.1) is 5.92 Å². The second-order valence-corrected chi connectivity index (χ2v) is 9.25. The summed E-state index contributed by atoms with van der Waals surface area (Å²) >= 11 is 0. The van der Waals surface area contributed by atoms with Gasteiger partial charge in [-0.15, -0.1) is 6.58 Å². The van der Waals surface area contributed by atoms with E-state index in [1.54, 1.807) is 0 Å². The summed E-state index contributed by atoms with van der Waals surface area (Å²) in [5.74, 6) is -3.15. The Morgan fingerprint density at radius 1 is 0.886 bits per heavy atom. The Kier molecular flexibility index (Phi) is 8.69. The molecule has 0 aliphatic rings. The molecule has 6 nitrogen and oxygen atoms in total. The number of hydrogen-bond donors (Lipinski definition) is 3. The number of carboxylic acid groups (broad SMARTS) is 1. The molecule has 0 saturated heterocycles. The molecule has 0 aromatic heterocycles. The van der Waals surface area contributed by atoms with E-state index in [4.69, 9.17) is 0 Å². The number of benzene rings is 3. The fraction of sp³-hybridized carbons (Fsp3) is 0.214. The number of amides is 1. The van der Waals surface area contributed by atoms with Crippen molar-refractivity contribution < 1.29 is 24.4 Å². The zero-order chi connectivity index (χ0) is 25.3. The lowest BCUT2D eigenvalue weighted by Gasteiger charge is -2.37. The largest absolute Gasteiger partial charge is 0.481 e. The molecule has 0 aliphatic carbocycles. The first kappa shape index (κ1) is 26.0. The molecular formula is C28H28NO5P. The molecule has 1 amide bonds. The molecule has 3 N–H and O–H groups in total. The maximum atomic E-state index is 13.4.